The Morgan fingerprint density at radius 2 is 2.20 bits per heavy atom. The number of aliphatic hydroxyl groups is 1. The minimum absolute atomic E-state index is 0.175. The SMILES string of the molecule is CC1CCN(CC(=O)Nc2c(C#N)cnn2-c2ccccc2)CC1O. The number of carbonyl (C=O) groups is 1. The van der Waals surface area contributed by atoms with Gasteiger partial charge in [-0.2, -0.15) is 10.4 Å². The van der Waals surface area contributed by atoms with Gasteiger partial charge in [0.25, 0.3) is 0 Å². The Morgan fingerprint density at radius 3 is 2.88 bits per heavy atom. The van der Waals surface area contributed by atoms with Gasteiger partial charge in [-0.1, -0.05) is 25.1 Å². The van der Waals surface area contributed by atoms with Gasteiger partial charge in [-0.05, 0) is 31.0 Å². The van der Waals surface area contributed by atoms with Crippen LogP contribution in [-0.2, 0) is 4.79 Å². The summed E-state index contributed by atoms with van der Waals surface area (Å²) in [6.07, 6.45) is 1.89. The van der Waals surface area contributed by atoms with Crippen molar-refractivity contribution in [3.63, 3.8) is 0 Å². The lowest BCUT2D eigenvalue weighted by atomic mass is 9.96. The van der Waals surface area contributed by atoms with E-state index in [1.165, 1.54) is 6.20 Å². The molecule has 1 amide bonds. The highest BCUT2D eigenvalue weighted by atomic mass is 16.3. The number of benzene rings is 1. The predicted octanol–water partition coefficient (Wildman–Crippen LogP) is 1.39. The number of nitrogens with one attached hydrogen (secondary N) is 1. The van der Waals surface area contributed by atoms with Gasteiger partial charge < -0.3 is 10.4 Å². The Labute approximate surface area is 146 Å². The minimum Gasteiger partial charge on any atom is -0.392 e. The van der Waals surface area contributed by atoms with E-state index in [4.69, 9.17) is 0 Å². The average Bonchev–Trinajstić information content (AvgIpc) is 3.01. The third-order valence-electron chi connectivity index (χ3n) is 4.52. The summed E-state index contributed by atoms with van der Waals surface area (Å²) in [5.74, 6) is 0.393. The number of aliphatic hydroxyl groups excluding tert-OH is 1. The first-order valence-electron chi connectivity index (χ1n) is 8.32. The lowest BCUT2D eigenvalue weighted by molar-refractivity contribution is -0.118. The summed E-state index contributed by atoms with van der Waals surface area (Å²) >= 11 is 0. The van der Waals surface area contributed by atoms with Gasteiger partial charge in [-0.25, -0.2) is 4.68 Å². The fourth-order valence-corrected chi connectivity index (χ4v) is 2.95. The molecule has 7 nitrogen and oxygen atoms in total. The standard InChI is InChI=1S/C18H21N5O2/c1-13-7-8-22(11-16(13)24)12-17(25)21-18-14(9-19)10-20-23(18)15-5-3-2-4-6-15/h2-6,10,13,16,24H,7-8,11-12H2,1H3,(H,21,25). The van der Waals surface area contributed by atoms with Crippen LogP contribution in [0.15, 0.2) is 36.5 Å². The number of nitriles is 1. The van der Waals surface area contributed by atoms with Gasteiger partial charge >= 0.3 is 0 Å². The van der Waals surface area contributed by atoms with E-state index in [9.17, 15) is 15.2 Å². The number of anilines is 1. The number of nitrogens with zero attached hydrogens (tertiary/aromatic N) is 4. The second-order valence-corrected chi connectivity index (χ2v) is 6.38. The highest BCUT2D eigenvalue weighted by molar-refractivity contribution is 5.93. The lowest BCUT2D eigenvalue weighted by Crippen LogP contribution is -2.45. The van der Waals surface area contributed by atoms with Crippen molar-refractivity contribution < 1.29 is 9.90 Å². The molecular formula is C18H21N5O2. The Bertz CT molecular complexity index is 781. The Balaban J connectivity index is 1.73. The van der Waals surface area contributed by atoms with E-state index in [0.717, 1.165) is 18.7 Å². The third-order valence-corrected chi connectivity index (χ3v) is 4.52. The molecule has 2 unspecified atom stereocenters. The van der Waals surface area contributed by atoms with Gasteiger partial charge in [-0.15, -0.1) is 0 Å². The Kier molecular flexibility index (Phi) is 5.12. The van der Waals surface area contributed by atoms with Crippen LogP contribution in [0.1, 0.15) is 18.9 Å². The summed E-state index contributed by atoms with van der Waals surface area (Å²) in [4.78, 5) is 14.4. The molecule has 2 heterocycles. The first-order valence-corrected chi connectivity index (χ1v) is 8.32. The monoisotopic (exact) mass is 339 g/mol. The molecular weight excluding hydrogens is 318 g/mol. The number of rotatable bonds is 4. The molecule has 1 aliphatic heterocycles. The molecule has 25 heavy (non-hydrogen) atoms. The number of β-amino-alcohol motifs (C(OH)–C–C–N with tert-alkyl or cyclic N) is 1. The molecule has 7 heteroatoms. The zero-order valence-corrected chi connectivity index (χ0v) is 14.1. The Hall–Kier alpha value is -2.69. The van der Waals surface area contributed by atoms with Gasteiger partial charge in [0.1, 0.15) is 11.6 Å². The van der Waals surface area contributed by atoms with Crippen LogP contribution < -0.4 is 5.32 Å². The smallest absolute Gasteiger partial charge is 0.239 e. The van der Waals surface area contributed by atoms with Crippen molar-refractivity contribution >= 4 is 11.7 Å². The molecule has 130 valence electrons. The van der Waals surface area contributed by atoms with Gasteiger partial charge in [0.05, 0.1) is 24.5 Å². The number of para-hydroxylation sites is 1. The van der Waals surface area contributed by atoms with Crippen molar-refractivity contribution in [2.75, 3.05) is 25.0 Å². The number of amides is 1. The molecule has 1 aromatic heterocycles. The highest BCUT2D eigenvalue weighted by Gasteiger charge is 2.26. The van der Waals surface area contributed by atoms with Crippen LogP contribution in [-0.4, -0.2) is 51.4 Å². The van der Waals surface area contributed by atoms with Crippen molar-refractivity contribution in [3.05, 3.63) is 42.1 Å². The van der Waals surface area contributed by atoms with Gasteiger partial charge in [-0.3, -0.25) is 9.69 Å². The van der Waals surface area contributed by atoms with Crippen LogP contribution in [0.2, 0.25) is 0 Å². The average molecular weight is 339 g/mol. The normalized spacial score (nSPS) is 20.8. The molecule has 3 rings (SSSR count). The van der Waals surface area contributed by atoms with Gasteiger partial charge in [0, 0.05) is 6.54 Å². The van der Waals surface area contributed by atoms with Gasteiger partial charge in [0.15, 0.2) is 5.82 Å². The first-order chi connectivity index (χ1) is 12.1. The molecule has 0 radical (unpaired) electrons. The van der Waals surface area contributed by atoms with E-state index >= 15 is 0 Å². The maximum absolute atomic E-state index is 12.4. The number of aromatic nitrogens is 2. The minimum atomic E-state index is -0.411. The molecule has 0 aliphatic carbocycles. The van der Waals surface area contributed by atoms with E-state index in [2.05, 4.69) is 16.5 Å². The van der Waals surface area contributed by atoms with Crippen molar-refractivity contribution in [3.8, 4) is 11.8 Å². The molecule has 2 N–H and O–H groups in total. The van der Waals surface area contributed by atoms with Crippen molar-refractivity contribution in [2.45, 2.75) is 19.4 Å². The van der Waals surface area contributed by atoms with Crippen molar-refractivity contribution in [1.82, 2.24) is 14.7 Å². The molecule has 1 aromatic carbocycles. The summed E-state index contributed by atoms with van der Waals surface area (Å²) in [5.41, 5.74) is 1.08. The van der Waals surface area contributed by atoms with E-state index < -0.39 is 6.10 Å². The number of hydrogen-bond donors (Lipinski definition) is 2. The fraction of sp³-hybridized carbons (Fsp3) is 0.389. The predicted molar refractivity (Wildman–Crippen MR) is 93.1 cm³/mol. The van der Waals surface area contributed by atoms with Crippen LogP contribution in [0.25, 0.3) is 5.69 Å². The molecule has 2 aromatic rings. The maximum Gasteiger partial charge on any atom is 0.239 e. The summed E-state index contributed by atoms with van der Waals surface area (Å²) in [6.45, 7) is 3.45. The van der Waals surface area contributed by atoms with E-state index in [1.807, 2.05) is 42.2 Å². The third kappa shape index (κ3) is 3.87. The summed E-state index contributed by atoms with van der Waals surface area (Å²) in [6, 6.07) is 11.4. The molecule has 1 fully saturated rings. The topological polar surface area (TPSA) is 94.2 Å². The number of carbonyl (C=O) groups excluding carboxylic acids is 1. The molecule has 1 aliphatic rings. The van der Waals surface area contributed by atoms with E-state index in [-0.39, 0.29) is 18.4 Å². The lowest BCUT2D eigenvalue weighted by Gasteiger charge is -2.33. The molecule has 0 saturated carbocycles. The first kappa shape index (κ1) is 17.1. The molecule has 0 spiro atoms. The summed E-state index contributed by atoms with van der Waals surface area (Å²) < 4.78 is 1.55. The van der Waals surface area contributed by atoms with Crippen LogP contribution in [0.3, 0.4) is 0 Å². The van der Waals surface area contributed by atoms with Crippen molar-refractivity contribution in [2.24, 2.45) is 5.92 Å². The molecule has 1 saturated heterocycles. The molecule has 2 atom stereocenters. The Morgan fingerprint density at radius 1 is 1.44 bits per heavy atom. The summed E-state index contributed by atoms with van der Waals surface area (Å²) in [7, 11) is 0. The number of likely N-dealkylation sites (tertiary alicyclic amines) is 1. The van der Waals surface area contributed by atoms with E-state index in [0.29, 0.717) is 17.9 Å². The second kappa shape index (κ2) is 7.47. The zero-order valence-electron chi connectivity index (χ0n) is 14.1. The highest BCUT2D eigenvalue weighted by Crippen LogP contribution is 2.20. The second-order valence-electron chi connectivity index (χ2n) is 6.38. The number of piperidine rings is 1. The van der Waals surface area contributed by atoms with Crippen molar-refractivity contribution in [1.29, 1.82) is 5.26 Å². The molecule has 0 bridgehead atoms. The van der Waals surface area contributed by atoms with Crippen LogP contribution in [0.4, 0.5) is 5.82 Å². The summed E-state index contributed by atoms with van der Waals surface area (Å²) in [5, 5.41) is 26.2. The fourth-order valence-electron chi connectivity index (χ4n) is 2.95. The van der Waals surface area contributed by atoms with E-state index in [1.54, 1.807) is 4.68 Å². The van der Waals surface area contributed by atoms with Crippen LogP contribution in [0.5, 0.6) is 0 Å². The zero-order chi connectivity index (χ0) is 17.8. The van der Waals surface area contributed by atoms with Gasteiger partial charge in [0.2, 0.25) is 5.91 Å². The van der Waals surface area contributed by atoms with Crippen LogP contribution in [0, 0.1) is 17.2 Å². The van der Waals surface area contributed by atoms with Crippen LogP contribution >= 0.6 is 0 Å². The number of hydrogen-bond acceptors (Lipinski definition) is 5. The largest absolute Gasteiger partial charge is 0.392 e. The maximum atomic E-state index is 12.4. The quantitative estimate of drug-likeness (QED) is 0.878.